The van der Waals surface area contributed by atoms with Gasteiger partial charge in [0.2, 0.25) is 10.0 Å². The zero-order valence-electron chi connectivity index (χ0n) is 13.7. The summed E-state index contributed by atoms with van der Waals surface area (Å²) in [5.41, 5.74) is 0.879. The molecule has 1 N–H and O–H groups in total. The van der Waals surface area contributed by atoms with E-state index in [1.165, 1.54) is 17.2 Å². The Morgan fingerprint density at radius 1 is 1.25 bits per heavy atom. The van der Waals surface area contributed by atoms with Gasteiger partial charge in [-0.25, -0.2) is 22.8 Å². The van der Waals surface area contributed by atoms with E-state index in [9.17, 15) is 8.42 Å². The molecule has 3 aromatic rings. The van der Waals surface area contributed by atoms with Gasteiger partial charge >= 0.3 is 0 Å². The van der Waals surface area contributed by atoms with E-state index >= 15 is 0 Å². The minimum absolute atomic E-state index is 0.106. The van der Waals surface area contributed by atoms with Crippen molar-refractivity contribution in [1.29, 1.82) is 0 Å². The van der Waals surface area contributed by atoms with Crippen LogP contribution in [0.15, 0.2) is 29.4 Å². The topological polar surface area (TPSA) is 108 Å². The minimum atomic E-state index is -3.78. The number of fused-ring (bicyclic) bond motifs is 1. The number of nitrogens with zero attached hydrogens (tertiary/aromatic N) is 6. The fourth-order valence-electron chi connectivity index (χ4n) is 2.59. The third-order valence-corrected chi connectivity index (χ3v) is 5.23. The maximum Gasteiger partial charge on any atom is 0.243 e. The molecular weight excluding hydrogens is 330 g/mol. The van der Waals surface area contributed by atoms with Crippen LogP contribution in [-0.2, 0) is 23.6 Å². The van der Waals surface area contributed by atoms with Gasteiger partial charge in [-0.1, -0.05) is 13.0 Å². The van der Waals surface area contributed by atoms with E-state index in [0.29, 0.717) is 29.8 Å². The summed E-state index contributed by atoms with van der Waals surface area (Å²) in [4.78, 5) is 5.66. The summed E-state index contributed by atoms with van der Waals surface area (Å²) in [6.45, 7) is 4.44. The molecule has 1 atom stereocenters. The zero-order valence-corrected chi connectivity index (χ0v) is 14.5. The average molecular weight is 349 g/mol. The van der Waals surface area contributed by atoms with Crippen molar-refractivity contribution in [2.24, 2.45) is 7.05 Å². The second-order valence-corrected chi connectivity index (χ2v) is 7.01. The summed E-state index contributed by atoms with van der Waals surface area (Å²) in [6, 6.07) is 4.44. The summed E-state index contributed by atoms with van der Waals surface area (Å²) >= 11 is 0. The van der Waals surface area contributed by atoms with Crippen molar-refractivity contribution >= 4 is 21.1 Å². The van der Waals surface area contributed by atoms with E-state index < -0.39 is 16.1 Å². The highest BCUT2D eigenvalue weighted by Gasteiger charge is 2.26. The van der Waals surface area contributed by atoms with Crippen LogP contribution in [0.2, 0.25) is 0 Å². The van der Waals surface area contributed by atoms with Crippen molar-refractivity contribution in [3.05, 3.63) is 30.4 Å². The largest absolute Gasteiger partial charge is 0.249 e. The SMILES string of the molecule is CC[C@@H](NS(=O)(=O)c1cccc2nn(C)nc12)c1ncnn1CC. The van der Waals surface area contributed by atoms with E-state index in [1.807, 2.05) is 13.8 Å². The van der Waals surface area contributed by atoms with E-state index in [1.54, 1.807) is 23.9 Å². The lowest BCUT2D eigenvalue weighted by Gasteiger charge is -2.17. The van der Waals surface area contributed by atoms with Crippen molar-refractivity contribution in [3.63, 3.8) is 0 Å². The van der Waals surface area contributed by atoms with Gasteiger partial charge in [-0.2, -0.15) is 20.1 Å². The molecule has 0 radical (unpaired) electrons. The summed E-state index contributed by atoms with van der Waals surface area (Å²) < 4.78 is 30.1. The third kappa shape index (κ3) is 2.89. The van der Waals surface area contributed by atoms with Gasteiger partial charge < -0.3 is 0 Å². The van der Waals surface area contributed by atoms with E-state index in [0.717, 1.165) is 0 Å². The van der Waals surface area contributed by atoms with Gasteiger partial charge in [0.1, 0.15) is 28.1 Å². The highest BCUT2D eigenvalue weighted by atomic mass is 32.2. The average Bonchev–Trinajstić information content (AvgIpc) is 3.16. The molecule has 0 saturated carbocycles. The Balaban J connectivity index is 2.00. The second kappa shape index (κ2) is 6.29. The first kappa shape index (κ1) is 16.5. The van der Waals surface area contributed by atoms with Crippen molar-refractivity contribution in [2.75, 3.05) is 0 Å². The Hall–Kier alpha value is -2.33. The molecule has 2 aromatic heterocycles. The van der Waals surface area contributed by atoms with Crippen LogP contribution in [0.4, 0.5) is 0 Å². The monoisotopic (exact) mass is 349 g/mol. The number of aromatic nitrogens is 6. The van der Waals surface area contributed by atoms with Crippen LogP contribution < -0.4 is 4.72 Å². The Morgan fingerprint density at radius 2 is 2.04 bits per heavy atom. The molecular formula is C14H19N7O2S. The van der Waals surface area contributed by atoms with E-state index in [-0.39, 0.29) is 4.90 Å². The van der Waals surface area contributed by atoms with E-state index in [4.69, 9.17) is 0 Å². The first-order valence-corrected chi connectivity index (χ1v) is 9.14. The van der Waals surface area contributed by atoms with Gasteiger partial charge in [-0.15, -0.1) is 0 Å². The standard InChI is InChI=1S/C14H19N7O2S/c1-4-10(14-15-9-16-21(14)5-2)19-24(22,23)12-8-6-7-11-13(12)18-20(3)17-11/h6-10,19H,4-5H2,1-3H3/t10-/m1/s1. The molecule has 9 nitrogen and oxygen atoms in total. The fourth-order valence-corrected chi connectivity index (χ4v) is 4.02. The number of rotatable bonds is 6. The number of sulfonamides is 1. The van der Waals surface area contributed by atoms with Crippen molar-refractivity contribution in [3.8, 4) is 0 Å². The normalized spacial score (nSPS) is 13.5. The Bertz CT molecular complexity index is 961. The van der Waals surface area contributed by atoms with Gasteiger partial charge in [-0.05, 0) is 25.5 Å². The summed E-state index contributed by atoms with van der Waals surface area (Å²) in [7, 11) is -2.13. The molecule has 128 valence electrons. The molecule has 24 heavy (non-hydrogen) atoms. The zero-order chi connectivity index (χ0) is 17.3. The Kier molecular flexibility index (Phi) is 4.33. The van der Waals surface area contributed by atoms with Gasteiger partial charge in [0.15, 0.2) is 0 Å². The van der Waals surface area contributed by atoms with Crippen LogP contribution in [0.1, 0.15) is 32.1 Å². The van der Waals surface area contributed by atoms with Crippen LogP contribution in [-0.4, -0.2) is 38.2 Å². The number of aryl methyl sites for hydroxylation is 2. The van der Waals surface area contributed by atoms with Gasteiger partial charge in [0.25, 0.3) is 0 Å². The molecule has 0 spiro atoms. The van der Waals surface area contributed by atoms with Crippen LogP contribution >= 0.6 is 0 Å². The van der Waals surface area contributed by atoms with Crippen LogP contribution in [0.5, 0.6) is 0 Å². The minimum Gasteiger partial charge on any atom is -0.249 e. The highest BCUT2D eigenvalue weighted by Crippen LogP contribution is 2.23. The molecule has 0 amide bonds. The van der Waals surface area contributed by atoms with E-state index in [2.05, 4.69) is 25.0 Å². The molecule has 1 aromatic carbocycles. The molecule has 0 saturated heterocycles. The Labute approximate surface area is 139 Å². The van der Waals surface area contributed by atoms with Gasteiger partial charge in [-0.3, -0.25) is 0 Å². The predicted octanol–water partition coefficient (Wildman–Crippen LogP) is 1.01. The summed E-state index contributed by atoms with van der Waals surface area (Å²) in [5.74, 6) is 0.592. The smallest absolute Gasteiger partial charge is 0.243 e. The number of hydrogen-bond acceptors (Lipinski definition) is 6. The summed E-state index contributed by atoms with van der Waals surface area (Å²) in [5, 5.41) is 12.4. The first-order valence-electron chi connectivity index (χ1n) is 7.66. The quantitative estimate of drug-likeness (QED) is 0.711. The molecule has 3 rings (SSSR count). The maximum atomic E-state index is 12.9. The first-order chi connectivity index (χ1) is 11.5. The lowest BCUT2D eigenvalue weighted by atomic mass is 10.2. The van der Waals surface area contributed by atoms with Gasteiger partial charge in [0, 0.05) is 13.6 Å². The number of nitrogens with one attached hydrogen (secondary N) is 1. The van der Waals surface area contributed by atoms with Crippen LogP contribution in [0, 0.1) is 0 Å². The lowest BCUT2D eigenvalue weighted by molar-refractivity contribution is 0.503. The van der Waals surface area contributed by atoms with Gasteiger partial charge in [0.05, 0.1) is 6.04 Å². The fraction of sp³-hybridized carbons (Fsp3) is 0.429. The molecule has 0 unspecified atom stereocenters. The summed E-state index contributed by atoms with van der Waals surface area (Å²) in [6.07, 6.45) is 1.98. The van der Waals surface area contributed by atoms with Crippen LogP contribution in [0.25, 0.3) is 11.0 Å². The molecule has 0 bridgehead atoms. The number of hydrogen-bond donors (Lipinski definition) is 1. The molecule has 2 heterocycles. The van der Waals surface area contributed by atoms with Crippen molar-refractivity contribution in [1.82, 2.24) is 34.5 Å². The molecule has 0 aliphatic heterocycles. The van der Waals surface area contributed by atoms with Crippen molar-refractivity contribution in [2.45, 2.75) is 37.8 Å². The number of benzene rings is 1. The lowest BCUT2D eigenvalue weighted by Crippen LogP contribution is -2.30. The molecule has 0 fully saturated rings. The molecule has 10 heteroatoms. The third-order valence-electron chi connectivity index (χ3n) is 3.73. The Morgan fingerprint density at radius 3 is 2.75 bits per heavy atom. The van der Waals surface area contributed by atoms with Crippen LogP contribution in [0.3, 0.4) is 0 Å². The highest BCUT2D eigenvalue weighted by molar-refractivity contribution is 7.89. The molecule has 0 aliphatic carbocycles. The van der Waals surface area contributed by atoms with Crippen molar-refractivity contribution < 1.29 is 8.42 Å². The molecule has 0 aliphatic rings. The predicted molar refractivity (Wildman–Crippen MR) is 87.6 cm³/mol. The maximum absolute atomic E-state index is 12.9. The second-order valence-electron chi connectivity index (χ2n) is 5.33.